The molecule has 1 aliphatic rings. The number of morpholine rings is 1. The molecule has 0 saturated carbocycles. The van der Waals surface area contributed by atoms with Crippen LogP contribution >= 0.6 is 0 Å². The maximum Gasteiger partial charge on any atom is 0.259 e. The van der Waals surface area contributed by atoms with Crippen molar-refractivity contribution in [2.45, 2.75) is 6.92 Å². The van der Waals surface area contributed by atoms with Gasteiger partial charge in [0.25, 0.3) is 11.6 Å². The Bertz CT molecular complexity index is 943. The minimum absolute atomic E-state index is 0.0539. The third-order valence-corrected chi connectivity index (χ3v) is 4.53. The molecule has 1 amide bonds. The summed E-state index contributed by atoms with van der Waals surface area (Å²) in [6, 6.07) is 9.33. The zero-order valence-corrected chi connectivity index (χ0v) is 14.7. The van der Waals surface area contributed by atoms with Gasteiger partial charge in [-0.05, 0) is 37.3 Å². The van der Waals surface area contributed by atoms with Crippen LogP contribution in [-0.4, -0.2) is 54.4 Å². The highest BCUT2D eigenvalue weighted by atomic mass is 16.5. The molecule has 1 fully saturated rings. The van der Waals surface area contributed by atoms with Crippen molar-refractivity contribution in [3.63, 3.8) is 0 Å². The molecule has 0 spiro atoms. The summed E-state index contributed by atoms with van der Waals surface area (Å²) >= 11 is 0. The summed E-state index contributed by atoms with van der Waals surface area (Å²) in [5.41, 5.74) is 3.12. The molecule has 0 aliphatic carbocycles. The van der Waals surface area contributed by atoms with E-state index in [4.69, 9.17) is 14.0 Å². The Kier molecular flexibility index (Phi) is 4.30. The number of carbonyl (C=O) groups excluding carboxylic acids is 1. The van der Waals surface area contributed by atoms with Gasteiger partial charge in [0.15, 0.2) is 0 Å². The number of nitrogens with zero attached hydrogens (tertiary/aromatic N) is 3. The monoisotopic (exact) mass is 353 g/mol. The Morgan fingerprint density at radius 3 is 2.62 bits per heavy atom. The van der Waals surface area contributed by atoms with E-state index in [1.165, 1.54) is 0 Å². The number of carbonyl (C=O) groups is 1. The van der Waals surface area contributed by atoms with Crippen molar-refractivity contribution >= 4 is 17.0 Å². The number of aryl methyl sites for hydroxylation is 1. The van der Waals surface area contributed by atoms with Gasteiger partial charge in [-0.3, -0.25) is 4.79 Å². The molecule has 2 aromatic heterocycles. The van der Waals surface area contributed by atoms with Crippen LogP contribution in [0.2, 0.25) is 0 Å². The van der Waals surface area contributed by atoms with E-state index < -0.39 is 0 Å². The van der Waals surface area contributed by atoms with Crippen LogP contribution in [0.15, 0.2) is 34.9 Å². The van der Waals surface area contributed by atoms with Crippen molar-refractivity contribution < 1.29 is 18.8 Å². The highest BCUT2D eigenvalue weighted by molar-refractivity contribution is 6.07. The van der Waals surface area contributed by atoms with Crippen molar-refractivity contribution in [2.24, 2.45) is 0 Å². The second kappa shape index (κ2) is 6.76. The van der Waals surface area contributed by atoms with E-state index >= 15 is 0 Å². The Morgan fingerprint density at radius 2 is 1.92 bits per heavy atom. The zero-order chi connectivity index (χ0) is 18.1. The van der Waals surface area contributed by atoms with Crippen LogP contribution in [0.25, 0.3) is 22.4 Å². The third kappa shape index (κ3) is 2.90. The number of ether oxygens (including phenoxy) is 2. The summed E-state index contributed by atoms with van der Waals surface area (Å²) in [6.45, 7) is 4.06. The third-order valence-electron chi connectivity index (χ3n) is 4.53. The fraction of sp³-hybridized carbons (Fsp3) is 0.316. The van der Waals surface area contributed by atoms with Gasteiger partial charge in [0.1, 0.15) is 5.75 Å². The molecule has 1 saturated heterocycles. The first-order valence-electron chi connectivity index (χ1n) is 8.46. The van der Waals surface area contributed by atoms with Crippen LogP contribution in [0.4, 0.5) is 0 Å². The topological polar surface area (TPSA) is 77.7 Å². The van der Waals surface area contributed by atoms with Crippen molar-refractivity contribution in [1.82, 2.24) is 15.0 Å². The minimum atomic E-state index is -0.0539. The molecule has 3 aromatic rings. The van der Waals surface area contributed by atoms with E-state index in [9.17, 15) is 4.79 Å². The van der Waals surface area contributed by atoms with E-state index in [2.05, 4.69) is 10.1 Å². The minimum Gasteiger partial charge on any atom is -0.497 e. The normalized spacial score (nSPS) is 14.6. The number of fused-ring (bicyclic) bond motifs is 1. The highest BCUT2D eigenvalue weighted by Crippen LogP contribution is 2.29. The molecule has 7 nitrogen and oxygen atoms in total. The molecule has 0 N–H and O–H groups in total. The predicted octanol–water partition coefficient (Wildman–Crippen LogP) is 2.68. The number of aromatic nitrogens is 2. The lowest BCUT2D eigenvalue weighted by Crippen LogP contribution is -2.40. The number of amides is 1. The first-order chi connectivity index (χ1) is 12.7. The average Bonchev–Trinajstić information content (AvgIpc) is 3.08. The van der Waals surface area contributed by atoms with Gasteiger partial charge in [-0.1, -0.05) is 5.16 Å². The second-order valence-electron chi connectivity index (χ2n) is 6.14. The molecule has 26 heavy (non-hydrogen) atoms. The smallest absolute Gasteiger partial charge is 0.259 e. The quantitative estimate of drug-likeness (QED) is 0.720. The van der Waals surface area contributed by atoms with Crippen LogP contribution in [0, 0.1) is 6.92 Å². The second-order valence-corrected chi connectivity index (χ2v) is 6.14. The molecule has 0 bridgehead atoms. The van der Waals surface area contributed by atoms with Gasteiger partial charge in [0.05, 0.1) is 42.7 Å². The molecule has 4 rings (SSSR count). The Hall–Kier alpha value is -2.93. The maximum absolute atomic E-state index is 13.1. The predicted molar refractivity (Wildman–Crippen MR) is 95.3 cm³/mol. The molecule has 3 heterocycles. The number of rotatable bonds is 3. The van der Waals surface area contributed by atoms with Crippen LogP contribution < -0.4 is 4.74 Å². The van der Waals surface area contributed by atoms with Crippen LogP contribution in [0.1, 0.15) is 16.1 Å². The van der Waals surface area contributed by atoms with E-state index in [0.29, 0.717) is 54.4 Å². The van der Waals surface area contributed by atoms with Crippen LogP contribution in [-0.2, 0) is 4.74 Å². The molecule has 0 radical (unpaired) electrons. The highest BCUT2D eigenvalue weighted by Gasteiger charge is 2.24. The number of hydrogen-bond acceptors (Lipinski definition) is 6. The standard InChI is InChI=1S/C19H19N3O4/c1-12-17-15(19(23)22-7-9-25-10-8-22)11-16(20-18(17)26-21-12)13-3-5-14(24-2)6-4-13/h3-6,11H,7-10H2,1-2H3. The lowest BCUT2D eigenvalue weighted by Gasteiger charge is -2.27. The average molecular weight is 353 g/mol. The molecule has 0 unspecified atom stereocenters. The van der Waals surface area contributed by atoms with Crippen LogP contribution in [0.3, 0.4) is 0 Å². The van der Waals surface area contributed by atoms with Gasteiger partial charge in [0.2, 0.25) is 0 Å². The van der Waals surface area contributed by atoms with Gasteiger partial charge >= 0.3 is 0 Å². The largest absolute Gasteiger partial charge is 0.497 e. The first-order valence-corrected chi connectivity index (χ1v) is 8.46. The van der Waals surface area contributed by atoms with E-state index in [1.807, 2.05) is 37.3 Å². The van der Waals surface area contributed by atoms with E-state index in [1.54, 1.807) is 12.0 Å². The molecular formula is C19H19N3O4. The summed E-state index contributed by atoms with van der Waals surface area (Å²) in [6.07, 6.45) is 0. The molecule has 1 aromatic carbocycles. The molecule has 0 atom stereocenters. The van der Waals surface area contributed by atoms with Crippen molar-refractivity contribution in [2.75, 3.05) is 33.4 Å². The zero-order valence-electron chi connectivity index (χ0n) is 14.7. The Morgan fingerprint density at radius 1 is 1.19 bits per heavy atom. The fourth-order valence-electron chi connectivity index (χ4n) is 3.11. The lowest BCUT2D eigenvalue weighted by molar-refractivity contribution is 0.0304. The number of methoxy groups -OCH3 is 1. The Balaban J connectivity index is 1.81. The van der Waals surface area contributed by atoms with Crippen molar-refractivity contribution in [1.29, 1.82) is 0 Å². The van der Waals surface area contributed by atoms with Gasteiger partial charge in [-0.2, -0.15) is 0 Å². The summed E-state index contributed by atoms with van der Waals surface area (Å²) in [5.74, 6) is 0.705. The molecule has 7 heteroatoms. The summed E-state index contributed by atoms with van der Waals surface area (Å²) in [5, 5.41) is 4.66. The summed E-state index contributed by atoms with van der Waals surface area (Å²) in [4.78, 5) is 19.4. The lowest BCUT2D eigenvalue weighted by atomic mass is 10.0. The fourth-order valence-corrected chi connectivity index (χ4v) is 3.11. The summed E-state index contributed by atoms with van der Waals surface area (Å²) < 4.78 is 15.9. The van der Waals surface area contributed by atoms with Gasteiger partial charge in [-0.15, -0.1) is 0 Å². The number of pyridine rings is 1. The van der Waals surface area contributed by atoms with Crippen molar-refractivity contribution in [3.05, 3.63) is 41.6 Å². The molecule has 1 aliphatic heterocycles. The molecule has 134 valence electrons. The Labute approximate surface area is 150 Å². The van der Waals surface area contributed by atoms with Gasteiger partial charge < -0.3 is 18.9 Å². The van der Waals surface area contributed by atoms with E-state index in [0.717, 1.165) is 11.3 Å². The number of benzene rings is 1. The first kappa shape index (κ1) is 16.5. The summed E-state index contributed by atoms with van der Waals surface area (Å²) in [7, 11) is 1.62. The SMILES string of the molecule is COc1ccc(-c2cc(C(=O)N3CCOCC3)c3c(C)noc3n2)cc1. The number of hydrogen-bond donors (Lipinski definition) is 0. The van der Waals surface area contributed by atoms with Gasteiger partial charge in [-0.25, -0.2) is 4.98 Å². The molecular weight excluding hydrogens is 334 g/mol. The van der Waals surface area contributed by atoms with Crippen LogP contribution in [0.5, 0.6) is 5.75 Å². The van der Waals surface area contributed by atoms with E-state index in [-0.39, 0.29) is 5.91 Å². The van der Waals surface area contributed by atoms with Gasteiger partial charge in [0, 0.05) is 18.7 Å². The maximum atomic E-state index is 13.1. The van der Waals surface area contributed by atoms with Crippen molar-refractivity contribution in [3.8, 4) is 17.0 Å².